The summed E-state index contributed by atoms with van der Waals surface area (Å²) in [6.45, 7) is 3.25. The molecule has 2 aliphatic heterocycles. The SMILES string of the molecule is C[C@@H](C(=O)NCc1ccc2c(c1)OCO2)N(Cc1ccc(F)cc1)C(=O)CCc1ccc(S(=O)(=O)N2CCCC2)cc1. The smallest absolute Gasteiger partial charge is 0.243 e. The predicted octanol–water partition coefficient (Wildman–Crippen LogP) is 4.01. The largest absolute Gasteiger partial charge is 0.454 e. The Balaban J connectivity index is 1.23. The van der Waals surface area contributed by atoms with Crippen molar-refractivity contribution in [3.8, 4) is 11.5 Å². The van der Waals surface area contributed by atoms with Crippen molar-refractivity contribution in [3.63, 3.8) is 0 Å². The van der Waals surface area contributed by atoms with Gasteiger partial charge in [-0.3, -0.25) is 9.59 Å². The van der Waals surface area contributed by atoms with E-state index in [0.717, 1.165) is 24.0 Å². The van der Waals surface area contributed by atoms with E-state index in [1.165, 1.54) is 21.3 Å². The molecule has 0 aromatic heterocycles. The Morgan fingerprint density at radius 3 is 2.29 bits per heavy atom. The highest BCUT2D eigenvalue weighted by Gasteiger charge is 2.28. The lowest BCUT2D eigenvalue weighted by Gasteiger charge is -2.29. The van der Waals surface area contributed by atoms with Gasteiger partial charge < -0.3 is 19.7 Å². The molecular weight excluding hydrogens is 561 g/mol. The Bertz CT molecular complexity index is 1520. The number of ether oxygens (including phenoxy) is 2. The third-order valence-corrected chi connectivity index (χ3v) is 9.50. The van der Waals surface area contributed by atoms with Crippen molar-refractivity contribution in [2.24, 2.45) is 0 Å². The van der Waals surface area contributed by atoms with Crippen LogP contribution in [-0.2, 0) is 39.1 Å². The van der Waals surface area contributed by atoms with Crippen LogP contribution in [0, 0.1) is 5.82 Å². The minimum atomic E-state index is -3.51. The first kappa shape index (κ1) is 29.5. The number of benzene rings is 3. The van der Waals surface area contributed by atoms with E-state index >= 15 is 0 Å². The summed E-state index contributed by atoms with van der Waals surface area (Å²) >= 11 is 0. The lowest BCUT2D eigenvalue weighted by atomic mass is 10.1. The summed E-state index contributed by atoms with van der Waals surface area (Å²) in [6, 6.07) is 17.0. The second-order valence-corrected chi connectivity index (χ2v) is 12.4. The van der Waals surface area contributed by atoms with Gasteiger partial charge in [0, 0.05) is 32.6 Å². The summed E-state index contributed by atoms with van der Waals surface area (Å²) < 4.78 is 51.4. The summed E-state index contributed by atoms with van der Waals surface area (Å²) in [5.41, 5.74) is 2.33. The molecule has 5 rings (SSSR count). The summed E-state index contributed by atoms with van der Waals surface area (Å²) in [4.78, 5) is 28.4. The second kappa shape index (κ2) is 12.9. The van der Waals surface area contributed by atoms with Gasteiger partial charge in [0.2, 0.25) is 28.6 Å². The van der Waals surface area contributed by atoms with Crippen LogP contribution in [0.1, 0.15) is 42.9 Å². The van der Waals surface area contributed by atoms with Gasteiger partial charge in [-0.05, 0) is 79.3 Å². The Hall–Kier alpha value is -3.96. The normalized spacial score (nSPS) is 15.4. The zero-order chi connectivity index (χ0) is 29.7. The molecule has 0 spiro atoms. The van der Waals surface area contributed by atoms with Crippen molar-refractivity contribution in [3.05, 3.63) is 89.2 Å². The van der Waals surface area contributed by atoms with Crippen molar-refractivity contribution in [1.82, 2.24) is 14.5 Å². The van der Waals surface area contributed by atoms with Gasteiger partial charge >= 0.3 is 0 Å². The molecule has 2 amide bonds. The number of hydrogen-bond donors (Lipinski definition) is 1. The van der Waals surface area contributed by atoms with Crippen molar-refractivity contribution < 1.29 is 31.9 Å². The van der Waals surface area contributed by atoms with Crippen LogP contribution in [0.2, 0.25) is 0 Å². The standard InChI is InChI=1S/C31H34FN3O6S/c1-22(31(37)33-19-25-8-14-28-29(18-25)41-21-40-28)35(20-24-4-10-26(32)11-5-24)30(36)15-9-23-6-12-27(13-7-23)42(38,39)34-16-2-3-17-34/h4-8,10-14,18,22H,2-3,9,15-17,19-21H2,1H3,(H,33,37)/t22-/m0/s1. The number of amides is 2. The summed E-state index contributed by atoms with van der Waals surface area (Å²) in [5, 5.41) is 2.89. The number of nitrogens with zero attached hydrogens (tertiary/aromatic N) is 2. The van der Waals surface area contributed by atoms with Gasteiger partial charge in [-0.25, -0.2) is 12.8 Å². The fourth-order valence-electron chi connectivity index (χ4n) is 5.06. The van der Waals surface area contributed by atoms with E-state index in [4.69, 9.17) is 9.47 Å². The second-order valence-electron chi connectivity index (χ2n) is 10.5. The van der Waals surface area contributed by atoms with Crippen LogP contribution in [0.5, 0.6) is 11.5 Å². The minimum absolute atomic E-state index is 0.110. The number of halogens is 1. The molecule has 1 N–H and O–H groups in total. The Kier molecular flexibility index (Phi) is 9.08. The number of hydrogen-bond acceptors (Lipinski definition) is 6. The number of nitrogens with one attached hydrogen (secondary N) is 1. The molecule has 2 aliphatic rings. The molecule has 0 saturated carbocycles. The highest BCUT2D eigenvalue weighted by molar-refractivity contribution is 7.89. The van der Waals surface area contributed by atoms with Crippen LogP contribution in [0.15, 0.2) is 71.6 Å². The first-order valence-corrected chi connectivity index (χ1v) is 15.4. The number of aryl methyl sites for hydroxylation is 1. The fourth-order valence-corrected chi connectivity index (χ4v) is 6.57. The van der Waals surface area contributed by atoms with Gasteiger partial charge in [0.25, 0.3) is 0 Å². The average Bonchev–Trinajstić information content (AvgIpc) is 3.71. The fraction of sp³-hybridized carbons (Fsp3) is 0.355. The van der Waals surface area contributed by atoms with E-state index in [2.05, 4.69) is 5.32 Å². The van der Waals surface area contributed by atoms with Crippen molar-refractivity contribution >= 4 is 21.8 Å². The Morgan fingerprint density at radius 2 is 1.57 bits per heavy atom. The number of rotatable bonds is 11. The number of fused-ring (bicyclic) bond motifs is 1. The van der Waals surface area contributed by atoms with Crippen LogP contribution in [0.3, 0.4) is 0 Å². The summed E-state index contributed by atoms with van der Waals surface area (Å²) in [6.07, 6.45) is 2.21. The van der Waals surface area contributed by atoms with E-state index < -0.39 is 16.1 Å². The van der Waals surface area contributed by atoms with Gasteiger partial charge in [-0.2, -0.15) is 4.31 Å². The molecule has 0 unspecified atom stereocenters. The molecule has 3 aromatic carbocycles. The molecule has 42 heavy (non-hydrogen) atoms. The van der Waals surface area contributed by atoms with E-state index in [9.17, 15) is 22.4 Å². The summed E-state index contributed by atoms with van der Waals surface area (Å²) in [7, 11) is -3.51. The van der Waals surface area contributed by atoms with Gasteiger partial charge in [-0.1, -0.05) is 30.3 Å². The molecule has 1 atom stereocenters. The van der Waals surface area contributed by atoms with E-state index in [1.54, 1.807) is 55.5 Å². The third-order valence-electron chi connectivity index (χ3n) is 7.59. The van der Waals surface area contributed by atoms with Crippen molar-refractivity contribution in [1.29, 1.82) is 0 Å². The van der Waals surface area contributed by atoms with E-state index in [0.29, 0.717) is 36.6 Å². The number of carbonyl (C=O) groups is 2. The van der Waals surface area contributed by atoms with Gasteiger partial charge in [-0.15, -0.1) is 0 Å². The Labute approximate surface area is 245 Å². The highest BCUT2D eigenvalue weighted by Crippen LogP contribution is 2.32. The molecule has 9 nitrogen and oxygen atoms in total. The number of carbonyl (C=O) groups excluding carboxylic acids is 2. The van der Waals surface area contributed by atoms with E-state index in [-0.39, 0.29) is 48.8 Å². The molecule has 3 aromatic rings. The zero-order valence-electron chi connectivity index (χ0n) is 23.4. The maximum absolute atomic E-state index is 13.5. The van der Waals surface area contributed by atoms with Crippen LogP contribution < -0.4 is 14.8 Å². The van der Waals surface area contributed by atoms with Crippen LogP contribution in [0.25, 0.3) is 0 Å². The third kappa shape index (κ3) is 6.91. The van der Waals surface area contributed by atoms with Crippen LogP contribution >= 0.6 is 0 Å². The molecule has 2 heterocycles. The minimum Gasteiger partial charge on any atom is -0.454 e. The molecule has 1 fully saturated rings. The van der Waals surface area contributed by atoms with Crippen molar-refractivity contribution in [2.75, 3.05) is 19.9 Å². The molecule has 11 heteroatoms. The Morgan fingerprint density at radius 1 is 0.929 bits per heavy atom. The maximum Gasteiger partial charge on any atom is 0.243 e. The lowest BCUT2D eigenvalue weighted by Crippen LogP contribution is -2.47. The molecule has 222 valence electrons. The topological polar surface area (TPSA) is 105 Å². The highest BCUT2D eigenvalue weighted by atomic mass is 32.2. The van der Waals surface area contributed by atoms with E-state index in [1.807, 2.05) is 6.07 Å². The zero-order valence-corrected chi connectivity index (χ0v) is 24.2. The van der Waals surface area contributed by atoms with Crippen molar-refractivity contribution in [2.45, 2.75) is 56.6 Å². The number of sulfonamides is 1. The molecular formula is C31H34FN3O6S. The molecule has 0 aliphatic carbocycles. The lowest BCUT2D eigenvalue weighted by molar-refractivity contribution is -0.140. The molecule has 1 saturated heterocycles. The first-order chi connectivity index (χ1) is 20.2. The van der Waals surface area contributed by atoms with Gasteiger partial charge in [0.15, 0.2) is 11.5 Å². The van der Waals surface area contributed by atoms with Gasteiger partial charge in [0.05, 0.1) is 4.90 Å². The predicted molar refractivity (Wildman–Crippen MR) is 154 cm³/mol. The quantitative estimate of drug-likeness (QED) is 0.359. The molecule has 0 radical (unpaired) electrons. The summed E-state index contributed by atoms with van der Waals surface area (Å²) in [5.74, 6) is 0.293. The average molecular weight is 596 g/mol. The molecule has 0 bridgehead atoms. The maximum atomic E-state index is 13.5. The first-order valence-electron chi connectivity index (χ1n) is 14.0. The van der Waals surface area contributed by atoms with Crippen LogP contribution in [-0.4, -0.2) is 55.4 Å². The van der Waals surface area contributed by atoms with Gasteiger partial charge in [0.1, 0.15) is 11.9 Å². The van der Waals surface area contributed by atoms with Crippen LogP contribution in [0.4, 0.5) is 4.39 Å². The monoisotopic (exact) mass is 595 g/mol.